The molecule has 1 saturated heterocycles. The second-order valence-electron chi connectivity index (χ2n) is 7.04. The molecular weight excluding hydrogens is 240 g/mol. The highest BCUT2D eigenvalue weighted by molar-refractivity contribution is 4.82. The summed E-state index contributed by atoms with van der Waals surface area (Å²) in [4.78, 5) is 4.84. The lowest BCUT2D eigenvalue weighted by Gasteiger charge is -2.42. The third-order valence-electron chi connectivity index (χ3n) is 3.55. The fourth-order valence-electron chi connectivity index (χ4n) is 2.39. The Balaban J connectivity index is 2.18. The zero-order chi connectivity index (χ0) is 14.5. The lowest BCUT2D eigenvalue weighted by Crippen LogP contribution is -2.54. The molecular formula is C15H32N2O2. The Morgan fingerprint density at radius 1 is 1.05 bits per heavy atom. The highest BCUT2D eigenvalue weighted by Gasteiger charge is 2.26. The van der Waals surface area contributed by atoms with Crippen molar-refractivity contribution in [3.63, 3.8) is 0 Å². The fraction of sp³-hybridized carbons (Fsp3) is 1.00. The van der Waals surface area contributed by atoms with Crippen LogP contribution in [0.4, 0.5) is 0 Å². The minimum absolute atomic E-state index is 0.255. The molecule has 1 rings (SSSR count). The first-order valence-electron chi connectivity index (χ1n) is 7.52. The van der Waals surface area contributed by atoms with Crippen molar-refractivity contribution in [2.45, 2.75) is 46.3 Å². The summed E-state index contributed by atoms with van der Waals surface area (Å²) in [5.41, 5.74) is 0.255. The van der Waals surface area contributed by atoms with E-state index in [0.717, 1.165) is 39.3 Å². The lowest BCUT2D eigenvalue weighted by atomic mass is 10.0. The van der Waals surface area contributed by atoms with Crippen LogP contribution >= 0.6 is 0 Å². The van der Waals surface area contributed by atoms with Crippen LogP contribution in [0.15, 0.2) is 0 Å². The standard InChI is InChI=1S/C15H32N2O2/c1-13(2)11-19-12-14(18)10-16-6-8-17(9-7-16)15(3,4)5/h13-14,18H,6-12H2,1-5H3/t14-/m1/s1. The molecule has 4 heteroatoms. The molecule has 1 atom stereocenters. The van der Waals surface area contributed by atoms with Crippen LogP contribution < -0.4 is 0 Å². The third kappa shape index (κ3) is 6.70. The first-order chi connectivity index (χ1) is 8.79. The van der Waals surface area contributed by atoms with Crippen LogP contribution in [-0.2, 0) is 4.74 Å². The second kappa shape index (κ2) is 7.58. The van der Waals surface area contributed by atoms with Gasteiger partial charge in [0.15, 0.2) is 0 Å². The number of nitrogens with zero attached hydrogens (tertiary/aromatic N) is 2. The number of β-amino-alcohol motifs (C(OH)–C–C–N with tert-alkyl or cyclic N) is 1. The second-order valence-corrected chi connectivity index (χ2v) is 7.04. The van der Waals surface area contributed by atoms with Crippen molar-refractivity contribution in [3.8, 4) is 0 Å². The zero-order valence-electron chi connectivity index (χ0n) is 13.4. The van der Waals surface area contributed by atoms with Gasteiger partial charge in [-0.15, -0.1) is 0 Å². The van der Waals surface area contributed by atoms with Gasteiger partial charge in [-0.05, 0) is 26.7 Å². The molecule has 0 amide bonds. The summed E-state index contributed by atoms with van der Waals surface area (Å²) < 4.78 is 5.49. The molecule has 0 aromatic rings. The van der Waals surface area contributed by atoms with Crippen molar-refractivity contribution in [2.24, 2.45) is 5.92 Å². The Bertz CT molecular complexity index is 243. The van der Waals surface area contributed by atoms with Gasteiger partial charge in [-0.3, -0.25) is 9.80 Å². The smallest absolute Gasteiger partial charge is 0.0900 e. The summed E-state index contributed by atoms with van der Waals surface area (Å²) in [5, 5.41) is 9.96. The van der Waals surface area contributed by atoms with Gasteiger partial charge in [0.1, 0.15) is 0 Å². The first-order valence-corrected chi connectivity index (χ1v) is 7.52. The van der Waals surface area contributed by atoms with Crippen LogP contribution in [0.3, 0.4) is 0 Å². The fourth-order valence-corrected chi connectivity index (χ4v) is 2.39. The molecule has 0 radical (unpaired) electrons. The molecule has 0 spiro atoms. The Morgan fingerprint density at radius 3 is 2.11 bits per heavy atom. The predicted molar refractivity (Wildman–Crippen MR) is 79.4 cm³/mol. The molecule has 0 unspecified atom stereocenters. The van der Waals surface area contributed by atoms with Crippen LogP contribution in [0.25, 0.3) is 0 Å². The Hall–Kier alpha value is -0.160. The van der Waals surface area contributed by atoms with E-state index in [4.69, 9.17) is 4.74 Å². The van der Waals surface area contributed by atoms with Crippen LogP contribution in [-0.4, -0.2) is 72.5 Å². The third-order valence-corrected chi connectivity index (χ3v) is 3.55. The molecule has 1 heterocycles. The SMILES string of the molecule is CC(C)COC[C@H](O)CN1CCN(C(C)(C)C)CC1. The van der Waals surface area contributed by atoms with Crippen molar-refractivity contribution >= 4 is 0 Å². The van der Waals surface area contributed by atoms with Gasteiger partial charge in [-0.25, -0.2) is 0 Å². The molecule has 1 N–H and O–H groups in total. The van der Waals surface area contributed by atoms with E-state index in [2.05, 4.69) is 44.4 Å². The average molecular weight is 272 g/mol. The molecule has 19 heavy (non-hydrogen) atoms. The number of rotatable bonds is 6. The van der Waals surface area contributed by atoms with E-state index in [0.29, 0.717) is 12.5 Å². The molecule has 0 aromatic carbocycles. The summed E-state index contributed by atoms with van der Waals surface area (Å²) >= 11 is 0. The van der Waals surface area contributed by atoms with E-state index in [1.54, 1.807) is 0 Å². The van der Waals surface area contributed by atoms with E-state index in [1.807, 2.05) is 0 Å². The van der Waals surface area contributed by atoms with E-state index >= 15 is 0 Å². The van der Waals surface area contributed by atoms with E-state index in [9.17, 15) is 5.11 Å². The number of hydrogen-bond acceptors (Lipinski definition) is 4. The van der Waals surface area contributed by atoms with Crippen LogP contribution in [0.1, 0.15) is 34.6 Å². The van der Waals surface area contributed by atoms with Crippen LogP contribution in [0.5, 0.6) is 0 Å². The molecule has 114 valence electrons. The van der Waals surface area contributed by atoms with E-state index in [1.165, 1.54) is 0 Å². The minimum Gasteiger partial charge on any atom is -0.389 e. The maximum atomic E-state index is 9.96. The largest absolute Gasteiger partial charge is 0.389 e. The van der Waals surface area contributed by atoms with Gasteiger partial charge in [-0.2, -0.15) is 0 Å². The number of hydrogen-bond donors (Lipinski definition) is 1. The molecule has 4 nitrogen and oxygen atoms in total. The highest BCUT2D eigenvalue weighted by atomic mass is 16.5. The molecule has 0 saturated carbocycles. The van der Waals surface area contributed by atoms with E-state index in [-0.39, 0.29) is 11.6 Å². The van der Waals surface area contributed by atoms with Gasteiger partial charge in [0.25, 0.3) is 0 Å². The monoisotopic (exact) mass is 272 g/mol. The van der Waals surface area contributed by atoms with Crippen molar-refractivity contribution in [1.82, 2.24) is 9.80 Å². The molecule has 1 aliphatic rings. The molecule has 0 aliphatic carbocycles. The van der Waals surface area contributed by atoms with Crippen LogP contribution in [0.2, 0.25) is 0 Å². The Morgan fingerprint density at radius 2 is 1.63 bits per heavy atom. The summed E-state index contributed by atoms with van der Waals surface area (Å²) in [6.45, 7) is 17.2. The Kier molecular flexibility index (Phi) is 6.74. The lowest BCUT2D eigenvalue weighted by molar-refractivity contribution is -0.00774. The highest BCUT2D eigenvalue weighted by Crippen LogP contribution is 2.15. The van der Waals surface area contributed by atoms with Gasteiger partial charge < -0.3 is 9.84 Å². The van der Waals surface area contributed by atoms with Gasteiger partial charge in [-0.1, -0.05) is 13.8 Å². The summed E-state index contributed by atoms with van der Waals surface area (Å²) in [6.07, 6.45) is -0.361. The molecule has 0 aromatic heterocycles. The van der Waals surface area contributed by atoms with Crippen molar-refractivity contribution in [2.75, 3.05) is 45.9 Å². The quantitative estimate of drug-likeness (QED) is 0.793. The van der Waals surface area contributed by atoms with Crippen molar-refractivity contribution in [1.29, 1.82) is 0 Å². The molecule has 1 fully saturated rings. The summed E-state index contributed by atoms with van der Waals surface area (Å²) in [5.74, 6) is 0.530. The Labute approximate surface area is 118 Å². The minimum atomic E-state index is -0.361. The van der Waals surface area contributed by atoms with Gasteiger partial charge in [0, 0.05) is 44.9 Å². The van der Waals surface area contributed by atoms with Crippen molar-refractivity contribution < 1.29 is 9.84 Å². The van der Waals surface area contributed by atoms with E-state index < -0.39 is 0 Å². The topological polar surface area (TPSA) is 35.9 Å². The number of piperazine rings is 1. The maximum absolute atomic E-state index is 9.96. The number of aliphatic hydroxyl groups excluding tert-OH is 1. The summed E-state index contributed by atoms with van der Waals surface area (Å²) in [6, 6.07) is 0. The average Bonchev–Trinajstić information content (AvgIpc) is 2.27. The van der Waals surface area contributed by atoms with Gasteiger partial charge in [0.2, 0.25) is 0 Å². The zero-order valence-corrected chi connectivity index (χ0v) is 13.4. The molecule has 1 aliphatic heterocycles. The van der Waals surface area contributed by atoms with Gasteiger partial charge in [0.05, 0.1) is 12.7 Å². The maximum Gasteiger partial charge on any atom is 0.0900 e. The number of ether oxygens (including phenoxy) is 1. The van der Waals surface area contributed by atoms with Crippen molar-refractivity contribution in [3.05, 3.63) is 0 Å². The van der Waals surface area contributed by atoms with Crippen LogP contribution in [0, 0.1) is 5.92 Å². The summed E-state index contributed by atoms with van der Waals surface area (Å²) in [7, 11) is 0. The predicted octanol–water partition coefficient (Wildman–Crippen LogP) is 1.44. The molecule has 0 bridgehead atoms. The van der Waals surface area contributed by atoms with Gasteiger partial charge >= 0.3 is 0 Å². The number of aliphatic hydroxyl groups is 1. The normalized spacial score (nSPS) is 21.0. The first kappa shape index (κ1) is 16.9.